The first-order valence-corrected chi connectivity index (χ1v) is 10.6. The molecule has 0 aliphatic heterocycles. The number of carbonyl (C=O) groups is 1. The summed E-state index contributed by atoms with van der Waals surface area (Å²) in [6.45, 7) is 2.20. The number of aromatic nitrogens is 1. The lowest BCUT2D eigenvalue weighted by Gasteiger charge is -2.23. The maximum atomic E-state index is 12.4. The van der Waals surface area contributed by atoms with Crippen molar-refractivity contribution in [3.05, 3.63) is 65.9 Å². The minimum atomic E-state index is -0.122. The molecule has 1 N–H and O–H groups in total. The number of hydrazone groups is 1. The Morgan fingerprint density at radius 1 is 1.24 bits per heavy atom. The fourth-order valence-electron chi connectivity index (χ4n) is 3.64. The van der Waals surface area contributed by atoms with Gasteiger partial charge in [0.1, 0.15) is 5.75 Å². The van der Waals surface area contributed by atoms with Crippen LogP contribution in [0.3, 0.4) is 0 Å². The van der Waals surface area contributed by atoms with Crippen LogP contribution in [0.2, 0.25) is 0 Å². The zero-order chi connectivity index (χ0) is 20.2. The molecule has 1 aliphatic rings. The van der Waals surface area contributed by atoms with Gasteiger partial charge in [-0.25, -0.2) is 5.43 Å². The lowest BCUT2D eigenvalue weighted by atomic mass is 9.83. The predicted octanol–water partition coefficient (Wildman–Crippen LogP) is 4.44. The molecule has 0 unspecified atom stereocenters. The molecule has 1 aliphatic carbocycles. The molecule has 5 nitrogen and oxygen atoms in total. The van der Waals surface area contributed by atoms with Gasteiger partial charge in [-0.3, -0.25) is 9.78 Å². The Hall–Kier alpha value is -2.86. The maximum Gasteiger partial charge on any atom is 0.250 e. The van der Waals surface area contributed by atoms with E-state index >= 15 is 0 Å². The molecule has 6 heteroatoms. The van der Waals surface area contributed by atoms with Crippen LogP contribution in [-0.2, 0) is 11.2 Å². The van der Waals surface area contributed by atoms with E-state index in [1.165, 1.54) is 17.3 Å². The Kier molecular flexibility index (Phi) is 5.81. The van der Waals surface area contributed by atoms with Crippen molar-refractivity contribution in [3.63, 3.8) is 0 Å². The van der Waals surface area contributed by atoms with Crippen LogP contribution in [0, 0.1) is 5.92 Å². The first kappa shape index (κ1) is 19.5. The Balaban J connectivity index is 1.45. The zero-order valence-electron chi connectivity index (χ0n) is 16.5. The molecule has 2 aromatic carbocycles. The number of para-hydroxylation sites is 1. The highest BCUT2D eigenvalue weighted by molar-refractivity contribution is 8.00. The number of carbonyl (C=O) groups excluding carboxylic acids is 1. The molecule has 1 aromatic heterocycles. The van der Waals surface area contributed by atoms with Crippen LogP contribution >= 0.6 is 11.8 Å². The third kappa shape index (κ3) is 4.43. The maximum absolute atomic E-state index is 12.4. The van der Waals surface area contributed by atoms with Crippen LogP contribution in [0.25, 0.3) is 10.9 Å². The zero-order valence-corrected chi connectivity index (χ0v) is 17.3. The Labute approximate surface area is 174 Å². The molecule has 0 bridgehead atoms. The molecule has 0 spiro atoms. The number of benzene rings is 2. The van der Waals surface area contributed by atoms with Gasteiger partial charge in [0, 0.05) is 22.0 Å². The molecular formula is C23H23N3O2S. The summed E-state index contributed by atoms with van der Waals surface area (Å²) < 4.78 is 5.34. The van der Waals surface area contributed by atoms with Crippen LogP contribution in [0.5, 0.6) is 5.75 Å². The van der Waals surface area contributed by atoms with Crippen molar-refractivity contribution in [2.75, 3.05) is 12.9 Å². The number of nitrogens with zero attached hydrogens (tertiary/aromatic N) is 2. The van der Waals surface area contributed by atoms with Gasteiger partial charge in [-0.05, 0) is 54.7 Å². The minimum Gasteiger partial charge on any atom is -0.497 e. The smallest absolute Gasteiger partial charge is 0.250 e. The number of amides is 1. The molecule has 1 amide bonds. The summed E-state index contributed by atoms with van der Waals surface area (Å²) in [6.07, 6.45) is 3.61. The summed E-state index contributed by atoms with van der Waals surface area (Å²) in [5.74, 6) is 1.49. The van der Waals surface area contributed by atoms with Gasteiger partial charge in [-0.2, -0.15) is 5.10 Å². The number of ether oxygens (including phenoxy) is 1. The SMILES string of the molecule is COc1ccc2c(c1)C[C@H](C)C/C2=N/NC(=O)CSc1cccc2cccnc12. The van der Waals surface area contributed by atoms with Crippen molar-refractivity contribution in [3.8, 4) is 5.75 Å². The van der Waals surface area contributed by atoms with Crippen LogP contribution in [0.15, 0.2) is 64.7 Å². The molecule has 1 heterocycles. The molecular weight excluding hydrogens is 382 g/mol. The molecule has 3 aromatic rings. The summed E-state index contributed by atoms with van der Waals surface area (Å²) in [6, 6.07) is 16.0. The van der Waals surface area contributed by atoms with Crippen molar-refractivity contribution in [2.24, 2.45) is 11.0 Å². The van der Waals surface area contributed by atoms with E-state index in [-0.39, 0.29) is 11.7 Å². The van der Waals surface area contributed by atoms with Crippen LogP contribution in [0.1, 0.15) is 24.5 Å². The first-order valence-electron chi connectivity index (χ1n) is 9.63. The molecule has 0 fully saturated rings. The van der Waals surface area contributed by atoms with Crippen molar-refractivity contribution >= 4 is 34.3 Å². The average molecular weight is 406 g/mol. The van der Waals surface area contributed by atoms with Gasteiger partial charge in [0.05, 0.1) is 24.1 Å². The van der Waals surface area contributed by atoms with Gasteiger partial charge in [0.25, 0.3) is 0 Å². The van der Waals surface area contributed by atoms with Crippen molar-refractivity contribution in [1.29, 1.82) is 0 Å². The average Bonchev–Trinajstić information content (AvgIpc) is 2.75. The Morgan fingerprint density at radius 2 is 2.10 bits per heavy atom. The lowest BCUT2D eigenvalue weighted by molar-refractivity contribution is -0.118. The summed E-state index contributed by atoms with van der Waals surface area (Å²) >= 11 is 1.48. The normalized spacial score (nSPS) is 17.2. The minimum absolute atomic E-state index is 0.122. The van der Waals surface area contributed by atoms with Gasteiger partial charge >= 0.3 is 0 Å². The van der Waals surface area contributed by atoms with E-state index < -0.39 is 0 Å². The molecule has 1 atom stereocenters. The summed E-state index contributed by atoms with van der Waals surface area (Å²) in [7, 11) is 1.67. The molecule has 29 heavy (non-hydrogen) atoms. The number of nitrogens with one attached hydrogen (secondary N) is 1. The number of pyridine rings is 1. The summed E-state index contributed by atoms with van der Waals surface area (Å²) in [5.41, 5.74) is 6.89. The van der Waals surface area contributed by atoms with Gasteiger partial charge in [-0.1, -0.05) is 25.1 Å². The van der Waals surface area contributed by atoms with Gasteiger partial charge in [-0.15, -0.1) is 11.8 Å². The van der Waals surface area contributed by atoms with E-state index in [4.69, 9.17) is 4.74 Å². The Morgan fingerprint density at radius 3 is 2.97 bits per heavy atom. The number of thioether (sulfide) groups is 1. The van der Waals surface area contributed by atoms with Crippen molar-refractivity contribution in [2.45, 2.75) is 24.7 Å². The largest absolute Gasteiger partial charge is 0.497 e. The standard InChI is InChI=1S/C23H23N3O2S/c1-15-11-17-13-18(28-2)8-9-19(17)20(12-15)25-26-22(27)14-29-21-7-3-5-16-6-4-10-24-23(16)21/h3-10,13,15H,11-12,14H2,1-2H3,(H,26,27)/b25-20-/t15-/m0/s1. The van der Waals surface area contributed by atoms with E-state index in [9.17, 15) is 4.79 Å². The number of hydrogen-bond acceptors (Lipinski definition) is 5. The highest BCUT2D eigenvalue weighted by Gasteiger charge is 2.21. The first-order chi connectivity index (χ1) is 14.1. The molecule has 0 radical (unpaired) electrons. The third-order valence-corrected chi connectivity index (χ3v) is 6.05. The highest BCUT2D eigenvalue weighted by atomic mass is 32.2. The second-order valence-electron chi connectivity index (χ2n) is 7.25. The van der Waals surface area contributed by atoms with Crippen LogP contribution in [0.4, 0.5) is 0 Å². The second kappa shape index (κ2) is 8.66. The van der Waals surface area contributed by atoms with Gasteiger partial charge in [0.2, 0.25) is 5.91 Å². The third-order valence-electron chi connectivity index (χ3n) is 5.00. The fourth-order valence-corrected chi connectivity index (χ4v) is 4.47. The van der Waals surface area contributed by atoms with E-state index in [1.807, 2.05) is 42.5 Å². The van der Waals surface area contributed by atoms with E-state index in [0.29, 0.717) is 5.92 Å². The molecule has 148 valence electrons. The number of rotatable bonds is 5. The van der Waals surface area contributed by atoms with Crippen molar-refractivity contribution < 1.29 is 9.53 Å². The second-order valence-corrected chi connectivity index (χ2v) is 8.27. The highest BCUT2D eigenvalue weighted by Crippen LogP contribution is 2.29. The van der Waals surface area contributed by atoms with E-state index in [2.05, 4.69) is 28.5 Å². The monoisotopic (exact) mass is 405 g/mol. The van der Waals surface area contributed by atoms with Gasteiger partial charge in [0.15, 0.2) is 0 Å². The number of methoxy groups -OCH3 is 1. The lowest BCUT2D eigenvalue weighted by Crippen LogP contribution is -2.25. The quantitative estimate of drug-likeness (QED) is 0.504. The topological polar surface area (TPSA) is 63.6 Å². The van der Waals surface area contributed by atoms with Crippen LogP contribution in [-0.4, -0.2) is 29.5 Å². The molecule has 0 saturated carbocycles. The van der Waals surface area contributed by atoms with E-state index in [0.717, 1.165) is 45.7 Å². The summed E-state index contributed by atoms with van der Waals surface area (Å²) in [4.78, 5) is 17.8. The van der Waals surface area contributed by atoms with Gasteiger partial charge < -0.3 is 4.74 Å². The molecule has 0 saturated heterocycles. The number of fused-ring (bicyclic) bond motifs is 2. The van der Waals surface area contributed by atoms with E-state index in [1.54, 1.807) is 13.3 Å². The van der Waals surface area contributed by atoms with Crippen molar-refractivity contribution in [1.82, 2.24) is 10.4 Å². The Bertz CT molecular complexity index is 1080. The predicted molar refractivity (Wildman–Crippen MR) is 118 cm³/mol. The number of hydrogen-bond donors (Lipinski definition) is 1. The van der Waals surface area contributed by atoms with Crippen LogP contribution < -0.4 is 10.2 Å². The fraction of sp³-hybridized carbons (Fsp3) is 0.261. The summed E-state index contributed by atoms with van der Waals surface area (Å²) in [5, 5.41) is 5.52. The molecule has 4 rings (SSSR count).